The number of benzene rings is 1. The van der Waals surface area contributed by atoms with Crippen molar-refractivity contribution in [3.05, 3.63) is 42.1 Å². The quantitative estimate of drug-likeness (QED) is 0.531. The monoisotopic (exact) mass is 331 g/mol. The molecular formula is C14H13NOSn. The summed E-state index contributed by atoms with van der Waals surface area (Å²) in [5.74, 6) is 6.25. The Bertz CT molecular complexity index is 557. The van der Waals surface area contributed by atoms with E-state index in [0.717, 1.165) is 25.5 Å². The molecule has 0 saturated heterocycles. The number of fused-ring (bicyclic) bond motifs is 1. The molecule has 0 aliphatic rings. The van der Waals surface area contributed by atoms with Crippen molar-refractivity contribution in [2.75, 3.05) is 6.61 Å². The molecule has 1 aromatic carbocycles. The minimum atomic E-state index is -0.452. The van der Waals surface area contributed by atoms with Gasteiger partial charge in [-0.25, -0.2) is 0 Å². The number of pyridine rings is 1. The Morgan fingerprint density at radius 3 is 2.94 bits per heavy atom. The first-order chi connectivity index (χ1) is 8.40. The number of aromatic nitrogens is 1. The van der Waals surface area contributed by atoms with Crippen molar-refractivity contribution in [1.29, 1.82) is 0 Å². The van der Waals surface area contributed by atoms with Gasteiger partial charge in [-0.3, -0.25) is 0 Å². The molecule has 1 aromatic heterocycles. The van der Waals surface area contributed by atoms with E-state index in [1.54, 1.807) is 0 Å². The number of rotatable bonds is 3. The van der Waals surface area contributed by atoms with Crippen molar-refractivity contribution in [2.24, 2.45) is 0 Å². The second-order valence-corrected chi connectivity index (χ2v) is 7.45. The first-order valence-corrected chi connectivity index (χ1v) is 9.60. The Kier molecular flexibility index (Phi) is 4.84. The summed E-state index contributed by atoms with van der Waals surface area (Å²) in [5.41, 5.74) is 1.83. The number of hydrogen-bond acceptors (Lipinski definition) is 2. The van der Waals surface area contributed by atoms with E-state index in [4.69, 9.17) is 5.11 Å². The maximum atomic E-state index is 8.68. The van der Waals surface area contributed by atoms with Gasteiger partial charge in [-0.1, -0.05) is 0 Å². The van der Waals surface area contributed by atoms with Gasteiger partial charge in [0.05, 0.1) is 0 Å². The normalized spacial score (nSPS) is 9.94. The zero-order chi connectivity index (χ0) is 11.9. The molecule has 1 N–H and O–H groups in total. The van der Waals surface area contributed by atoms with Crippen LogP contribution >= 0.6 is 0 Å². The third-order valence-corrected chi connectivity index (χ3v) is 5.18. The van der Waals surface area contributed by atoms with E-state index in [9.17, 15) is 0 Å². The van der Waals surface area contributed by atoms with Gasteiger partial charge in [0.25, 0.3) is 0 Å². The molecule has 2 nitrogen and oxygen atoms in total. The minimum absolute atomic E-state index is 0.321. The summed E-state index contributed by atoms with van der Waals surface area (Å²) in [7, 11) is 0. The molecule has 84 valence electrons. The van der Waals surface area contributed by atoms with Gasteiger partial charge in [-0.15, -0.1) is 0 Å². The second kappa shape index (κ2) is 6.63. The molecule has 0 atom stereocenters. The van der Waals surface area contributed by atoms with Crippen LogP contribution in [0.5, 0.6) is 0 Å². The molecule has 0 aliphatic carbocycles. The van der Waals surface area contributed by atoms with Crippen molar-refractivity contribution in [3.8, 4) is 11.8 Å². The van der Waals surface area contributed by atoms with Gasteiger partial charge in [0.15, 0.2) is 0 Å². The van der Waals surface area contributed by atoms with Gasteiger partial charge in [-0.05, 0) is 0 Å². The van der Waals surface area contributed by atoms with Gasteiger partial charge in [0, 0.05) is 0 Å². The van der Waals surface area contributed by atoms with Crippen LogP contribution in [0.3, 0.4) is 0 Å². The van der Waals surface area contributed by atoms with E-state index in [0.29, 0.717) is 6.61 Å². The maximum absolute atomic E-state index is 8.68. The van der Waals surface area contributed by atoms with E-state index >= 15 is 0 Å². The molecule has 1 heterocycles. The van der Waals surface area contributed by atoms with Crippen LogP contribution < -0.4 is 0 Å². The molecule has 0 aliphatic heterocycles. The average molecular weight is 330 g/mol. The van der Waals surface area contributed by atoms with E-state index in [1.165, 1.54) is 0 Å². The standard InChI is InChI=1S/C12H8N.C2H5O.Sn/c1-2-5-11-9-8-10-6-3-4-7-12(10)13-11;1-2-3;/h3-4,6-9H,1H2;3H,1-2H2;. The molecule has 0 fully saturated rings. The molecule has 2 aromatic rings. The van der Waals surface area contributed by atoms with E-state index in [-0.39, 0.29) is 0 Å². The van der Waals surface area contributed by atoms with Gasteiger partial charge < -0.3 is 0 Å². The summed E-state index contributed by atoms with van der Waals surface area (Å²) in [6, 6.07) is 12.1. The zero-order valence-electron chi connectivity index (χ0n) is 9.48. The summed E-state index contributed by atoms with van der Waals surface area (Å²) >= 11 is -0.452. The van der Waals surface area contributed by atoms with Gasteiger partial charge in [-0.2, -0.15) is 0 Å². The van der Waals surface area contributed by atoms with Crippen molar-refractivity contribution >= 4 is 32.0 Å². The molecule has 0 bridgehead atoms. The van der Waals surface area contributed by atoms with Crippen LogP contribution in [0.4, 0.5) is 0 Å². The molecule has 0 saturated carbocycles. The Morgan fingerprint density at radius 1 is 1.18 bits per heavy atom. The molecule has 0 spiro atoms. The summed E-state index contributed by atoms with van der Waals surface area (Å²) in [5, 5.41) is 9.83. The molecule has 0 unspecified atom stereocenters. The van der Waals surface area contributed by atoms with Crippen LogP contribution in [0.1, 0.15) is 5.69 Å². The number of aliphatic hydroxyl groups is 1. The molecule has 0 amide bonds. The Morgan fingerprint density at radius 2 is 2.06 bits per heavy atom. The van der Waals surface area contributed by atoms with Crippen molar-refractivity contribution in [2.45, 2.75) is 8.87 Å². The fraction of sp³-hybridized carbons (Fsp3) is 0.214. The third kappa shape index (κ3) is 3.72. The SMILES string of the molecule is OC[CH2][Sn][CH2]C#Cc1ccc2ccccc2n1. The Balaban J connectivity index is 2.08. The first kappa shape index (κ1) is 12.4. The van der Waals surface area contributed by atoms with E-state index < -0.39 is 21.1 Å². The topological polar surface area (TPSA) is 33.1 Å². The molecule has 17 heavy (non-hydrogen) atoms. The first-order valence-electron chi connectivity index (χ1n) is 5.56. The van der Waals surface area contributed by atoms with Crippen LogP contribution in [0.2, 0.25) is 8.87 Å². The molecule has 3 heteroatoms. The van der Waals surface area contributed by atoms with Crippen molar-refractivity contribution < 1.29 is 5.11 Å². The van der Waals surface area contributed by atoms with Crippen LogP contribution in [-0.2, 0) is 0 Å². The van der Waals surface area contributed by atoms with Crippen molar-refractivity contribution in [1.82, 2.24) is 4.98 Å². The predicted molar refractivity (Wildman–Crippen MR) is 71.1 cm³/mol. The van der Waals surface area contributed by atoms with Crippen LogP contribution in [0.25, 0.3) is 10.9 Å². The fourth-order valence-corrected chi connectivity index (χ4v) is 3.07. The Labute approximate surface area is 111 Å². The summed E-state index contributed by atoms with van der Waals surface area (Å²) < 4.78 is 1.97. The van der Waals surface area contributed by atoms with Crippen LogP contribution in [0, 0.1) is 11.8 Å². The molecule has 2 rings (SSSR count). The van der Waals surface area contributed by atoms with Crippen LogP contribution in [0.15, 0.2) is 36.4 Å². The van der Waals surface area contributed by atoms with E-state index in [1.807, 2.05) is 24.3 Å². The fourth-order valence-electron chi connectivity index (χ4n) is 1.50. The van der Waals surface area contributed by atoms with Crippen LogP contribution in [-0.4, -0.2) is 37.8 Å². The number of hydrogen-bond donors (Lipinski definition) is 1. The molecular weight excluding hydrogens is 317 g/mol. The summed E-state index contributed by atoms with van der Waals surface area (Å²) in [4.78, 5) is 4.49. The number of nitrogens with zero attached hydrogens (tertiary/aromatic N) is 1. The van der Waals surface area contributed by atoms with Crippen molar-refractivity contribution in [3.63, 3.8) is 0 Å². The van der Waals surface area contributed by atoms with Gasteiger partial charge in [0.1, 0.15) is 0 Å². The predicted octanol–water partition coefficient (Wildman–Crippen LogP) is 2.12. The number of para-hydroxylation sites is 1. The Hall–Kier alpha value is -1.05. The molecule has 2 radical (unpaired) electrons. The second-order valence-electron chi connectivity index (χ2n) is 3.59. The van der Waals surface area contributed by atoms with Gasteiger partial charge >= 0.3 is 112 Å². The summed E-state index contributed by atoms with van der Waals surface area (Å²) in [6.45, 7) is 0.321. The number of aliphatic hydroxyl groups excluding tert-OH is 1. The van der Waals surface area contributed by atoms with Gasteiger partial charge in [0.2, 0.25) is 0 Å². The van der Waals surface area contributed by atoms with E-state index in [2.05, 4.69) is 29.0 Å². The third-order valence-electron chi connectivity index (χ3n) is 2.32. The zero-order valence-corrected chi connectivity index (χ0v) is 12.3. The average Bonchev–Trinajstić information content (AvgIpc) is 2.38. The summed E-state index contributed by atoms with van der Waals surface area (Å²) in [6.07, 6.45) is 0.